The van der Waals surface area contributed by atoms with Crippen LogP contribution in [0, 0.1) is 5.41 Å². The molecule has 0 heterocycles. The lowest BCUT2D eigenvalue weighted by atomic mass is 9.84. The molecule has 0 saturated heterocycles. The largest absolute Gasteiger partial charge is 0.422 e. The molecule has 0 spiro atoms. The van der Waals surface area contributed by atoms with Crippen molar-refractivity contribution in [1.29, 1.82) is 0 Å². The molecule has 0 aliphatic carbocycles. The number of hydrogen-bond donors (Lipinski definition) is 0. The summed E-state index contributed by atoms with van der Waals surface area (Å²) in [6, 6.07) is 2.92. The van der Waals surface area contributed by atoms with Gasteiger partial charge in [-0.1, -0.05) is 48.7 Å². The Labute approximate surface area is 137 Å². The van der Waals surface area contributed by atoms with E-state index in [4.69, 9.17) is 51.1 Å². The van der Waals surface area contributed by atoms with Crippen LogP contribution in [0.25, 0.3) is 0 Å². The normalized spacial score (nSPS) is 11.3. The third-order valence-electron chi connectivity index (χ3n) is 3.17. The molecule has 0 amide bonds. The summed E-state index contributed by atoms with van der Waals surface area (Å²) >= 11 is 23.3. The SMILES string of the molecule is CCC(CC)(C(=O)Cl)C(=O)Oc1c(Cl)ccc(Cl)c1Cl. The van der Waals surface area contributed by atoms with Gasteiger partial charge in [-0.2, -0.15) is 0 Å². The maximum atomic E-state index is 12.3. The average molecular weight is 358 g/mol. The van der Waals surface area contributed by atoms with Gasteiger partial charge in [0.05, 0.1) is 10.0 Å². The summed E-state index contributed by atoms with van der Waals surface area (Å²) in [4.78, 5) is 23.8. The van der Waals surface area contributed by atoms with Crippen LogP contribution in [0.3, 0.4) is 0 Å². The fraction of sp³-hybridized carbons (Fsp3) is 0.385. The van der Waals surface area contributed by atoms with Crippen molar-refractivity contribution in [3.8, 4) is 5.75 Å². The predicted octanol–water partition coefficient (Wildman–Crippen LogP) is 5.12. The van der Waals surface area contributed by atoms with Gasteiger partial charge in [0.1, 0.15) is 10.4 Å². The Bertz CT molecular complexity index is 539. The second kappa shape index (κ2) is 6.99. The summed E-state index contributed by atoms with van der Waals surface area (Å²) in [5, 5.41) is -0.456. The summed E-state index contributed by atoms with van der Waals surface area (Å²) in [6.45, 7) is 3.35. The second-order valence-electron chi connectivity index (χ2n) is 4.12. The maximum Gasteiger partial charge on any atom is 0.326 e. The van der Waals surface area contributed by atoms with Crippen LogP contribution in [0.1, 0.15) is 26.7 Å². The zero-order chi connectivity index (χ0) is 15.5. The number of carbonyl (C=O) groups excluding carboxylic acids is 2. The topological polar surface area (TPSA) is 43.4 Å². The van der Waals surface area contributed by atoms with Crippen molar-refractivity contribution >= 4 is 57.6 Å². The van der Waals surface area contributed by atoms with Crippen molar-refractivity contribution < 1.29 is 14.3 Å². The Morgan fingerprint density at radius 2 is 1.60 bits per heavy atom. The minimum Gasteiger partial charge on any atom is -0.422 e. The third kappa shape index (κ3) is 3.22. The van der Waals surface area contributed by atoms with Gasteiger partial charge in [0.2, 0.25) is 5.24 Å². The molecule has 7 heteroatoms. The van der Waals surface area contributed by atoms with E-state index in [1.165, 1.54) is 12.1 Å². The number of rotatable bonds is 5. The molecule has 0 aromatic heterocycles. The molecule has 1 aromatic carbocycles. The Kier molecular flexibility index (Phi) is 6.14. The van der Waals surface area contributed by atoms with Crippen molar-refractivity contribution in [3.05, 3.63) is 27.2 Å². The van der Waals surface area contributed by atoms with Crippen molar-refractivity contribution in [3.63, 3.8) is 0 Å². The smallest absolute Gasteiger partial charge is 0.326 e. The van der Waals surface area contributed by atoms with E-state index < -0.39 is 16.6 Å². The molecule has 0 atom stereocenters. The molecule has 0 aliphatic rings. The molecule has 0 radical (unpaired) electrons. The van der Waals surface area contributed by atoms with Crippen molar-refractivity contribution in [2.75, 3.05) is 0 Å². The van der Waals surface area contributed by atoms with E-state index in [-0.39, 0.29) is 33.7 Å². The van der Waals surface area contributed by atoms with Crippen molar-refractivity contribution in [1.82, 2.24) is 0 Å². The predicted molar refractivity (Wildman–Crippen MR) is 81.0 cm³/mol. The van der Waals surface area contributed by atoms with Crippen LogP contribution < -0.4 is 4.74 Å². The fourth-order valence-corrected chi connectivity index (χ4v) is 2.63. The minimum atomic E-state index is -1.42. The molecule has 0 bridgehead atoms. The highest BCUT2D eigenvalue weighted by atomic mass is 35.5. The summed E-state index contributed by atoms with van der Waals surface area (Å²) in [7, 11) is 0. The maximum absolute atomic E-state index is 12.3. The van der Waals surface area contributed by atoms with E-state index in [1.54, 1.807) is 13.8 Å². The van der Waals surface area contributed by atoms with E-state index in [1.807, 2.05) is 0 Å². The molecule has 0 saturated carbocycles. The number of hydrogen-bond acceptors (Lipinski definition) is 3. The molecule has 3 nitrogen and oxygen atoms in total. The van der Waals surface area contributed by atoms with Crippen LogP contribution in [0.2, 0.25) is 15.1 Å². The first kappa shape index (κ1) is 17.6. The highest BCUT2D eigenvalue weighted by molar-refractivity contribution is 6.66. The molecule has 0 aliphatic heterocycles. The van der Waals surface area contributed by atoms with Crippen LogP contribution in [0.5, 0.6) is 5.75 Å². The lowest BCUT2D eigenvalue weighted by molar-refractivity contribution is -0.150. The number of carbonyl (C=O) groups is 2. The van der Waals surface area contributed by atoms with E-state index in [9.17, 15) is 9.59 Å². The molecule has 1 aromatic rings. The van der Waals surface area contributed by atoms with Crippen LogP contribution in [0.4, 0.5) is 0 Å². The number of ether oxygens (including phenoxy) is 1. The summed E-state index contributed by atoms with van der Waals surface area (Å²) in [5.74, 6) is -0.872. The van der Waals surface area contributed by atoms with Gasteiger partial charge in [-0.25, -0.2) is 0 Å². The van der Waals surface area contributed by atoms with Gasteiger partial charge in [0.25, 0.3) is 0 Å². The van der Waals surface area contributed by atoms with E-state index >= 15 is 0 Å². The van der Waals surface area contributed by atoms with Gasteiger partial charge in [-0.3, -0.25) is 9.59 Å². The number of esters is 1. The second-order valence-corrected chi connectivity index (χ2v) is 5.66. The molecule has 1 rings (SSSR count). The molecule has 110 valence electrons. The quantitative estimate of drug-likeness (QED) is 0.241. The lowest BCUT2D eigenvalue weighted by Gasteiger charge is -2.25. The Morgan fingerprint density at radius 3 is 2.05 bits per heavy atom. The molecular formula is C13H12Cl4O3. The van der Waals surface area contributed by atoms with E-state index in [0.717, 1.165) is 0 Å². The molecule has 20 heavy (non-hydrogen) atoms. The third-order valence-corrected chi connectivity index (χ3v) is 4.62. The van der Waals surface area contributed by atoms with Crippen molar-refractivity contribution in [2.45, 2.75) is 26.7 Å². The molecule has 0 fully saturated rings. The number of benzene rings is 1. The monoisotopic (exact) mass is 356 g/mol. The molecular weight excluding hydrogens is 346 g/mol. The Balaban J connectivity index is 3.19. The van der Waals surface area contributed by atoms with Gasteiger partial charge < -0.3 is 4.74 Å². The van der Waals surface area contributed by atoms with Gasteiger partial charge in [0, 0.05) is 0 Å². The van der Waals surface area contributed by atoms with Crippen LogP contribution >= 0.6 is 46.4 Å². The van der Waals surface area contributed by atoms with Gasteiger partial charge in [-0.15, -0.1) is 0 Å². The van der Waals surface area contributed by atoms with E-state index in [0.29, 0.717) is 0 Å². The van der Waals surface area contributed by atoms with Crippen molar-refractivity contribution in [2.24, 2.45) is 5.41 Å². The highest BCUT2D eigenvalue weighted by Gasteiger charge is 2.44. The van der Waals surface area contributed by atoms with Crippen LogP contribution in [0.15, 0.2) is 12.1 Å². The zero-order valence-electron chi connectivity index (χ0n) is 10.8. The lowest BCUT2D eigenvalue weighted by Crippen LogP contribution is -2.39. The van der Waals surface area contributed by atoms with E-state index in [2.05, 4.69) is 0 Å². The minimum absolute atomic E-state index is 0.00986. The number of halogens is 4. The molecule has 0 N–H and O–H groups in total. The summed E-state index contributed by atoms with van der Waals surface area (Å²) < 4.78 is 5.17. The van der Waals surface area contributed by atoms with Gasteiger partial charge in [-0.05, 0) is 36.6 Å². The zero-order valence-corrected chi connectivity index (χ0v) is 13.8. The van der Waals surface area contributed by atoms with Gasteiger partial charge >= 0.3 is 5.97 Å². The van der Waals surface area contributed by atoms with Crippen LogP contribution in [-0.4, -0.2) is 11.2 Å². The summed E-state index contributed by atoms with van der Waals surface area (Å²) in [5.41, 5.74) is -1.42. The first-order valence-corrected chi connectivity index (χ1v) is 7.37. The highest BCUT2D eigenvalue weighted by Crippen LogP contribution is 2.40. The fourth-order valence-electron chi connectivity index (χ4n) is 1.69. The molecule has 0 unspecified atom stereocenters. The first-order valence-electron chi connectivity index (χ1n) is 5.85. The Hall–Kier alpha value is -0.480. The van der Waals surface area contributed by atoms with Gasteiger partial charge in [0.15, 0.2) is 5.75 Å². The Morgan fingerprint density at radius 1 is 1.10 bits per heavy atom. The standard InChI is InChI=1S/C13H12Cl4O3/c1-3-13(4-2,11(17)18)12(19)20-10-8(15)6-5-7(14)9(10)16/h5-6H,3-4H2,1-2H3. The summed E-state index contributed by atoms with van der Waals surface area (Å²) in [6.07, 6.45) is 0.418. The van der Waals surface area contributed by atoms with Crippen LogP contribution in [-0.2, 0) is 9.59 Å². The first-order chi connectivity index (χ1) is 9.30. The average Bonchev–Trinajstić information content (AvgIpc) is 2.41.